The van der Waals surface area contributed by atoms with E-state index in [9.17, 15) is 10.1 Å². The van der Waals surface area contributed by atoms with Crippen LogP contribution in [-0.2, 0) is 18.3 Å². The lowest BCUT2D eigenvalue weighted by Crippen LogP contribution is -2.24. The number of aromatic nitrogens is 3. The molecule has 3 rings (SSSR count). The summed E-state index contributed by atoms with van der Waals surface area (Å²) in [5.74, 6) is 0.617. The predicted molar refractivity (Wildman–Crippen MR) is 104 cm³/mol. The fourth-order valence-corrected chi connectivity index (χ4v) is 3.09. The molecule has 1 aromatic carbocycles. The lowest BCUT2D eigenvalue weighted by atomic mass is 9.80. The molecule has 1 atom stereocenters. The maximum Gasteiger partial charge on any atom is 0.251 e. The molecule has 0 aliphatic carbocycles. The number of nitriles is 2. The molecule has 2 aromatic heterocycles. The van der Waals surface area contributed by atoms with Gasteiger partial charge in [-0.2, -0.15) is 15.5 Å². The van der Waals surface area contributed by atoms with E-state index in [1.54, 1.807) is 6.92 Å². The highest BCUT2D eigenvalue weighted by Crippen LogP contribution is 2.29. The lowest BCUT2D eigenvalue weighted by Gasteiger charge is -2.22. The second-order valence-corrected chi connectivity index (χ2v) is 6.72. The first-order chi connectivity index (χ1) is 13.4. The number of hydrogen-bond acceptors (Lipinski definition) is 6. The third-order valence-electron chi connectivity index (χ3n) is 4.77. The number of fused-ring (bicyclic) bond motifs is 1. The summed E-state index contributed by atoms with van der Waals surface area (Å²) in [6.07, 6.45) is 0.843. The van der Waals surface area contributed by atoms with Crippen LogP contribution >= 0.6 is 0 Å². The number of ether oxygens (including phenoxy) is 1. The number of pyridine rings is 1. The second-order valence-electron chi connectivity index (χ2n) is 6.72. The van der Waals surface area contributed by atoms with Crippen molar-refractivity contribution in [1.29, 1.82) is 10.5 Å². The van der Waals surface area contributed by atoms with E-state index >= 15 is 0 Å². The van der Waals surface area contributed by atoms with Crippen molar-refractivity contribution in [2.45, 2.75) is 32.1 Å². The van der Waals surface area contributed by atoms with Crippen LogP contribution in [0.3, 0.4) is 0 Å². The Balaban J connectivity index is 2.06. The third kappa shape index (κ3) is 3.56. The fraction of sp³-hybridized carbons (Fsp3) is 0.286. The predicted octanol–water partition coefficient (Wildman–Crippen LogP) is 2.78. The zero-order valence-corrected chi connectivity index (χ0v) is 15.9. The number of nitrogens with zero attached hydrogens (tertiary/aromatic N) is 4. The van der Waals surface area contributed by atoms with Gasteiger partial charge in [0.1, 0.15) is 17.6 Å². The number of rotatable bonds is 5. The Morgan fingerprint density at radius 1 is 1.21 bits per heavy atom. The molecule has 0 bridgehead atoms. The Labute approximate surface area is 162 Å². The molecule has 1 N–H and O–H groups in total. The summed E-state index contributed by atoms with van der Waals surface area (Å²) in [4.78, 5) is 23.5. The lowest BCUT2D eigenvalue weighted by molar-refractivity contribution is 0.393. The molecule has 0 radical (unpaired) electrons. The van der Waals surface area contributed by atoms with E-state index in [1.807, 2.05) is 37.3 Å². The van der Waals surface area contributed by atoms with E-state index in [-0.39, 0.29) is 23.6 Å². The molecule has 0 fully saturated rings. The SMILES string of the molecule is CCc1cc2ccc(C(C)(C#N)Cc3nc(C#N)cc(OC)n3)cc2[nH]c1=O. The van der Waals surface area contributed by atoms with E-state index < -0.39 is 5.41 Å². The highest BCUT2D eigenvalue weighted by atomic mass is 16.5. The zero-order valence-electron chi connectivity index (χ0n) is 15.9. The van der Waals surface area contributed by atoms with Crippen LogP contribution in [0.15, 0.2) is 35.1 Å². The van der Waals surface area contributed by atoms with Crippen LogP contribution in [0.2, 0.25) is 0 Å². The summed E-state index contributed by atoms with van der Waals surface area (Å²) in [5, 5.41) is 19.9. The van der Waals surface area contributed by atoms with Gasteiger partial charge in [-0.1, -0.05) is 19.1 Å². The van der Waals surface area contributed by atoms with Crippen LogP contribution < -0.4 is 10.3 Å². The Kier molecular flexibility index (Phi) is 5.10. The van der Waals surface area contributed by atoms with Gasteiger partial charge in [0.15, 0.2) is 0 Å². The van der Waals surface area contributed by atoms with Crippen molar-refractivity contribution in [3.05, 3.63) is 63.3 Å². The van der Waals surface area contributed by atoms with Crippen molar-refractivity contribution in [1.82, 2.24) is 15.0 Å². The molecule has 1 unspecified atom stereocenters. The zero-order chi connectivity index (χ0) is 20.3. The minimum absolute atomic E-state index is 0.124. The molecule has 28 heavy (non-hydrogen) atoms. The van der Waals surface area contributed by atoms with Crippen molar-refractivity contribution >= 4 is 10.9 Å². The molecule has 0 aliphatic heterocycles. The Morgan fingerprint density at radius 3 is 2.64 bits per heavy atom. The standard InChI is InChI=1S/C21H19N5O2/c1-4-13-7-14-5-6-15(8-17(14)25-20(13)27)21(2,12-23)10-18-24-16(11-22)9-19(26-18)28-3/h5-9H,4,10H2,1-3H3,(H,25,27). The van der Waals surface area contributed by atoms with Crippen LogP contribution in [-0.4, -0.2) is 22.1 Å². The quantitative estimate of drug-likeness (QED) is 0.735. The summed E-state index contributed by atoms with van der Waals surface area (Å²) < 4.78 is 5.12. The first-order valence-corrected chi connectivity index (χ1v) is 8.82. The first-order valence-electron chi connectivity index (χ1n) is 8.82. The largest absolute Gasteiger partial charge is 0.481 e. The third-order valence-corrected chi connectivity index (χ3v) is 4.77. The topological polar surface area (TPSA) is 115 Å². The molecule has 140 valence electrons. The van der Waals surface area contributed by atoms with E-state index in [1.165, 1.54) is 13.2 Å². The number of nitrogens with one attached hydrogen (secondary N) is 1. The number of methoxy groups -OCH3 is 1. The van der Waals surface area contributed by atoms with Gasteiger partial charge in [-0.15, -0.1) is 0 Å². The van der Waals surface area contributed by atoms with E-state index in [4.69, 9.17) is 10.00 Å². The molecule has 3 aromatic rings. The van der Waals surface area contributed by atoms with Crippen LogP contribution in [0, 0.1) is 22.7 Å². The molecule has 0 aliphatic rings. The van der Waals surface area contributed by atoms with Gasteiger partial charge in [0, 0.05) is 23.6 Å². The molecule has 7 nitrogen and oxygen atoms in total. The van der Waals surface area contributed by atoms with Gasteiger partial charge in [-0.25, -0.2) is 4.98 Å². The van der Waals surface area contributed by atoms with Crippen LogP contribution in [0.1, 0.15) is 36.5 Å². The second kappa shape index (κ2) is 7.50. The van der Waals surface area contributed by atoms with Gasteiger partial charge in [-0.05, 0) is 36.4 Å². The van der Waals surface area contributed by atoms with Gasteiger partial charge in [0.2, 0.25) is 5.88 Å². The molecular weight excluding hydrogens is 354 g/mol. The molecule has 0 saturated heterocycles. The maximum atomic E-state index is 12.1. The molecule has 0 amide bonds. The Hall–Kier alpha value is -3.71. The minimum Gasteiger partial charge on any atom is -0.481 e. The summed E-state index contributed by atoms with van der Waals surface area (Å²) in [6, 6.07) is 13.2. The summed E-state index contributed by atoms with van der Waals surface area (Å²) in [6.45, 7) is 3.71. The average Bonchev–Trinajstić information content (AvgIpc) is 2.72. The maximum absolute atomic E-state index is 12.1. The highest BCUT2D eigenvalue weighted by Gasteiger charge is 2.29. The van der Waals surface area contributed by atoms with E-state index in [0.717, 1.165) is 16.5 Å². The van der Waals surface area contributed by atoms with Crippen molar-refractivity contribution in [2.24, 2.45) is 0 Å². The summed E-state index contributed by atoms with van der Waals surface area (Å²) in [5.41, 5.74) is 1.22. The van der Waals surface area contributed by atoms with E-state index in [2.05, 4.69) is 21.0 Å². The number of benzene rings is 1. The molecule has 0 spiro atoms. The van der Waals surface area contributed by atoms with Crippen LogP contribution in [0.5, 0.6) is 5.88 Å². The van der Waals surface area contributed by atoms with Gasteiger partial charge in [0.25, 0.3) is 5.56 Å². The first kappa shape index (κ1) is 19.1. The Bertz CT molecular complexity index is 1190. The van der Waals surface area contributed by atoms with Crippen molar-refractivity contribution in [3.8, 4) is 18.0 Å². The van der Waals surface area contributed by atoms with Crippen molar-refractivity contribution in [3.63, 3.8) is 0 Å². The van der Waals surface area contributed by atoms with Crippen LogP contribution in [0.25, 0.3) is 10.9 Å². The summed E-state index contributed by atoms with van der Waals surface area (Å²) >= 11 is 0. The summed E-state index contributed by atoms with van der Waals surface area (Å²) in [7, 11) is 1.46. The van der Waals surface area contributed by atoms with Crippen molar-refractivity contribution < 1.29 is 4.74 Å². The highest BCUT2D eigenvalue weighted by molar-refractivity contribution is 5.80. The van der Waals surface area contributed by atoms with Gasteiger partial charge >= 0.3 is 0 Å². The number of aryl methyl sites for hydroxylation is 1. The molecule has 2 heterocycles. The van der Waals surface area contributed by atoms with Crippen molar-refractivity contribution in [2.75, 3.05) is 7.11 Å². The monoisotopic (exact) mass is 373 g/mol. The van der Waals surface area contributed by atoms with Gasteiger partial charge in [-0.3, -0.25) is 4.79 Å². The average molecular weight is 373 g/mol. The number of aromatic amines is 1. The van der Waals surface area contributed by atoms with Gasteiger partial charge in [0.05, 0.1) is 18.6 Å². The fourth-order valence-electron chi connectivity index (χ4n) is 3.09. The van der Waals surface area contributed by atoms with Crippen LogP contribution in [0.4, 0.5) is 0 Å². The minimum atomic E-state index is -0.951. The molecule has 7 heteroatoms. The van der Waals surface area contributed by atoms with Gasteiger partial charge < -0.3 is 9.72 Å². The van der Waals surface area contributed by atoms with E-state index in [0.29, 0.717) is 17.8 Å². The molecular formula is C21H19N5O2. The number of hydrogen-bond donors (Lipinski definition) is 1. The Morgan fingerprint density at radius 2 is 2.00 bits per heavy atom. The molecule has 0 saturated carbocycles. The smallest absolute Gasteiger partial charge is 0.251 e. The number of H-pyrrole nitrogens is 1. The normalized spacial score (nSPS) is 12.8.